The molecule has 1 aliphatic heterocycles. The van der Waals surface area contributed by atoms with Gasteiger partial charge in [0.2, 0.25) is 5.43 Å². The van der Waals surface area contributed by atoms with E-state index in [0.717, 1.165) is 17.5 Å². The molecule has 0 aliphatic carbocycles. The van der Waals surface area contributed by atoms with Crippen molar-refractivity contribution < 1.29 is 19.0 Å². The Balaban J connectivity index is 1.92. The first-order valence-electron chi connectivity index (χ1n) is 8.77. The van der Waals surface area contributed by atoms with E-state index in [2.05, 4.69) is 0 Å². The number of benzene rings is 2. The van der Waals surface area contributed by atoms with Gasteiger partial charge in [-0.3, -0.25) is 4.79 Å². The Morgan fingerprint density at radius 1 is 1.08 bits per heavy atom. The molecule has 1 N–H and O–H groups in total. The molecule has 0 spiro atoms. The molecule has 0 unspecified atom stereocenters. The Bertz CT molecular complexity index is 1050. The van der Waals surface area contributed by atoms with Gasteiger partial charge in [0, 0.05) is 6.07 Å². The highest BCUT2D eigenvalue weighted by atomic mass is 16.6. The fourth-order valence-corrected chi connectivity index (χ4v) is 3.39. The Morgan fingerprint density at radius 2 is 1.85 bits per heavy atom. The van der Waals surface area contributed by atoms with Gasteiger partial charge in [0.25, 0.3) is 0 Å². The number of hydrogen-bond donors (Lipinski definition) is 1. The zero-order chi connectivity index (χ0) is 18.3. The number of phenolic OH excluding ortho intramolecular Hbond substituents is 1. The van der Waals surface area contributed by atoms with Crippen LogP contribution in [0, 0.1) is 6.92 Å². The Kier molecular flexibility index (Phi) is 4.07. The minimum atomic E-state index is -0.113. The van der Waals surface area contributed by atoms with E-state index in [9.17, 15) is 9.90 Å². The predicted molar refractivity (Wildman–Crippen MR) is 99.3 cm³/mol. The molecule has 1 aromatic heterocycles. The smallest absolute Gasteiger partial charge is 0.200 e. The van der Waals surface area contributed by atoms with E-state index < -0.39 is 0 Å². The summed E-state index contributed by atoms with van der Waals surface area (Å²) in [6, 6.07) is 8.73. The minimum absolute atomic E-state index is 0.113. The van der Waals surface area contributed by atoms with Crippen LogP contribution in [-0.2, 0) is 6.42 Å². The average Bonchev–Trinajstić information content (AvgIpc) is 2.63. The Hall–Kier alpha value is -2.95. The highest BCUT2D eigenvalue weighted by Crippen LogP contribution is 2.35. The number of ether oxygens (including phenoxy) is 2. The van der Waals surface area contributed by atoms with Crippen molar-refractivity contribution in [1.29, 1.82) is 0 Å². The van der Waals surface area contributed by atoms with Crippen LogP contribution in [0.25, 0.3) is 22.1 Å². The maximum absolute atomic E-state index is 13.2. The lowest BCUT2D eigenvalue weighted by Gasteiger charge is -2.19. The summed E-state index contributed by atoms with van der Waals surface area (Å²) in [5.74, 6) is 1.97. The molecule has 2 heterocycles. The van der Waals surface area contributed by atoms with Crippen LogP contribution in [0.1, 0.15) is 24.7 Å². The van der Waals surface area contributed by atoms with Crippen molar-refractivity contribution in [2.24, 2.45) is 0 Å². The highest BCUT2D eigenvalue weighted by molar-refractivity contribution is 5.85. The second-order valence-corrected chi connectivity index (χ2v) is 6.45. The van der Waals surface area contributed by atoms with E-state index in [0.29, 0.717) is 53.4 Å². The van der Waals surface area contributed by atoms with Crippen molar-refractivity contribution in [3.05, 3.63) is 51.9 Å². The van der Waals surface area contributed by atoms with Crippen molar-refractivity contribution in [1.82, 2.24) is 0 Å². The van der Waals surface area contributed by atoms with Crippen LogP contribution in [-0.4, -0.2) is 18.3 Å². The van der Waals surface area contributed by atoms with Gasteiger partial charge in [0.15, 0.2) is 11.5 Å². The van der Waals surface area contributed by atoms with Crippen LogP contribution in [0.3, 0.4) is 0 Å². The summed E-state index contributed by atoms with van der Waals surface area (Å²) in [7, 11) is 0. The van der Waals surface area contributed by atoms with E-state index in [4.69, 9.17) is 13.9 Å². The van der Waals surface area contributed by atoms with Crippen molar-refractivity contribution in [2.45, 2.75) is 26.7 Å². The number of aryl methyl sites for hydroxylation is 2. The molecule has 0 amide bonds. The molecule has 0 saturated carbocycles. The molecule has 1 aliphatic rings. The first-order chi connectivity index (χ1) is 12.6. The molecule has 5 nitrogen and oxygen atoms in total. The van der Waals surface area contributed by atoms with Gasteiger partial charge in [-0.15, -0.1) is 0 Å². The first kappa shape index (κ1) is 16.5. The van der Waals surface area contributed by atoms with Gasteiger partial charge in [-0.2, -0.15) is 0 Å². The Morgan fingerprint density at radius 3 is 2.62 bits per heavy atom. The fraction of sp³-hybridized carbons (Fsp3) is 0.286. The van der Waals surface area contributed by atoms with Crippen LogP contribution in [0.15, 0.2) is 39.5 Å². The molecule has 0 atom stereocenters. The molecule has 4 rings (SSSR count). The third kappa shape index (κ3) is 2.69. The van der Waals surface area contributed by atoms with Gasteiger partial charge in [-0.1, -0.05) is 19.4 Å². The molecule has 0 fully saturated rings. The third-order valence-electron chi connectivity index (χ3n) is 4.62. The van der Waals surface area contributed by atoms with E-state index in [1.807, 2.05) is 25.1 Å². The molecule has 5 heteroatoms. The molecule has 26 heavy (non-hydrogen) atoms. The molecule has 2 aromatic carbocycles. The monoisotopic (exact) mass is 352 g/mol. The maximum atomic E-state index is 13.2. The van der Waals surface area contributed by atoms with Gasteiger partial charge in [0.1, 0.15) is 30.3 Å². The fourth-order valence-electron chi connectivity index (χ4n) is 3.39. The number of fused-ring (bicyclic) bond motifs is 2. The van der Waals surface area contributed by atoms with Crippen LogP contribution in [0.2, 0.25) is 0 Å². The summed E-state index contributed by atoms with van der Waals surface area (Å²) in [5, 5.41) is 10.6. The summed E-state index contributed by atoms with van der Waals surface area (Å²) in [6.45, 7) is 4.79. The molecular weight excluding hydrogens is 332 g/mol. The quantitative estimate of drug-likeness (QED) is 0.765. The van der Waals surface area contributed by atoms with Crippen molar-refractivity contribution in [3.8, 4) is 28.4 Å². The molecule has 0 bridgehead atoms. The van der Waals surface area contributed by atoms with E-state index in [1.54, 1.807) is 13.0 Å². The maximum Gasteiger partial charge on any atom is 0.200 e. The van der Waals surface area contributed by atoms with Gasteiger partial charge in [0.05, 0.1) is 10.9 Å². The van der Waals surface area contributed by atoms with Gasteiger partial charge in [-0.25, -0.2) is 0 Å². The van der Waals surface area contributed by atoms with Gasteiger partial charge < -0.3 is 19.0 Å². The normalized spacial score (nSPS) is 13.2. The molecule has 0 saturated heterocycles. The SMILES string of the molecule is CCCc1cc2c(=O)c(-c3ccc4c(c3)OCCO4)c(C)oc2cc1O. The van der Waals surface area contributed by atoms with Crippen molar-refractivity contribution in [2.75, 3.05) is 13.2 Å². The number of aromatic hydroxyl groups is 1. The number of phenols is 1. The summed E-state index contributed by atoms with van der Waals surface area (Å²) in [5.41, 5.74) is 2.27. The van der Waals surface area contributed by atoms with Crippen molar-refractivity contribution >= 4 is 11.0 Å². The van der Waals surface area contributed by atoms with Crippen LogP contribution in [0.4, 0.5) is 0 Å². The third-order valence-corrected chi connectivity index (χ3v) is 4.62. The van der Waals surface area contributed by atoms with Crippen LogP contribution >= 0.6 is 0 Å². The van der Waals surface area contributed by atoms with Gasteiger partial charge in [-0.05, 0) is 42.7 Å². The van der Waals surface area contributed by atoms with Gasteiger partial charge >= 0.3 is 0 Å². The summed E-state index contributed by atoms with van der Waals surface area (Å²) >= 11 is 0. The second-order valence-electron chi connectivity index (χ2n) is 6.45. The summed E-state index contributed by atoms with van der Waals surface area (Å²) in [4.78, 5) is 13.2. The lowest BCUT2D eigenvalue weighted by molar-refractivity contribution is 0.171. The van der Waals surface area contributed by atoms with E-state index >= 15 is 0 Å². The number of rotatable bonds is 3. The molecule has 134 valence electrons. The standard InChI is InChI=1S/C21H20O5/c1-3-4-13-9-15-18(11-16(13)22)26-12(2)20(21(15)23)14-5-6-17-19(10-14)25-8-7-24-17/h5-6,9-11,22H,3-4,7-8H2,1-2H3. The molecule has 0 radical (unpaired) electrons. The lowest BCUT2D eigenvalue weighted by atomic mass is 10.00. The number of hydrogen-bond acceptors (Lipinski definition) is 5. The summed E-state index contributed by atoms with van der Waals surface area (Å²) in [6.07, 6.45) is 1.58. The zero-order valence-electron chi connectivity index (χ0n) is 14.8. The topological polar surface area (TPSA) is 68.9 Å². The lowest BCUT2D eigenvalue weighted by Crippen LogP contribution is -2.15. The Labute approximate surface area is 150 Å². The zero-order valence-corrected chi connectivity index (χ0v) is 14.8. The first-order valence-corrected chi connectivity index (χ1v) is 8.77. The molecular formula is C21H20O5. The average molecular weight is 352 g/mol. The van der Waals surface area contributed by atoms with Crippen LogP contribution in [0.5, 0.6) is 17.2 Å². The van der Waals surface area contributed by atoms with Crippen LogP contribution < -0.4 is 14.9 Å². The highest BCUT2D eigenvalue weighted by Gasteiger charge is 2.18. The van der Waals surface area contributed by atoms with Crippen molar-refractivity contribution in [3.63, 3.8) is 0 Å². The molecule has 3 aromatic rings. The second kappa shape index (κ2) is 6.41. The predicted octanol–water partition coefficient (Wildman–Crippen LogP) is 4.20. The largest absolute Gasteiger partial charge is 0.508 e. The van der Waals surface area contributed by atoms with E-state index in [1.165, 1.54) is 6.07 Å². The summed E-state index contributed by atoms with van der Waals surface area (Å²) < 4.78 is 17.0. The minimum Gasteiger partial charge on any atom is -0.508 e. The van der Waals surface area contributed by atoms with E-state index in [-0.39, 0.29) is 11.2 Å².